The zero-order valence-electron chi connectivity index (χ0n) is 11.4. The molecule has 1 aliphatic heterocycles. The zero-order valence-corrected chi connectivity index (χ0v) is 11.4. The van der Waals surface area contributed by atoms with E-state index in [-0.39, 0.29) is 24.9 Å². The lowest BCUT2D eigenvalue weighted by molar-refractivity contribution is -0.0102. The maximum atomic E-state index is 13.4. The first-order valence-electron chi connectivity index (χ1n) is 6.79. The Morgan fingerprint density at radius 2 is 2.15 bits per heavy atom. The molecule has 1 aromatic rings. The van der Waals surface area contributed by atoms with Crippen LogP contribution in [0.5, 0.6) is 0 Å². The fourth-order valence-corrected chi connectivity index (χ4v) is 2.37. The number of aromatic nitrogens is 1. The Hall–Kier alpha value is -1.72. The summed E-state index contributed by atoms with van der Waals surface area (Å²) in [7, 11) is 0. The second-order valence-electron chi connectivity index (χ2n) is 5.03. The van der Waals surface area contributed by atoms with Crippen LogP contribution in [0.3, 0.4) is 0 Å². The van der Waals surface area contributed by atoms with E-state index in [4.69, 9.17) is 0 Å². The Morgan fingerprint density at radius 1 is 1.40 bits per heavy atom. The molecule has 0 atom stereocenters. The van der Waals surface area contributed by atoms with Gasteiger partial charge in [0.25, 0.3) is 0 Å². The number of nitrogens with zero attached hydrogens (tertiary/aromatic N) is 2. The molecule has 1 fully saturated rings. The Kier molecular flexibility index (Phi) is 4.20. The Bertz CT molecular complexity index is 506. The summed E-state index contributed by atoms with van der Waals surface area (Å²) in [6, 6.07) is 3.17. The van der Waals surface area contributed by atoms with Crippen LogP contribution in [0, 0.1) is 0 Å². The van der Waals surface area contributed by atoms with Gasteiger partial charge in [-0.1, -0.05) is 6.92 Å². The molecule has 0 saturated carbocycles. The quantitative estimate of drug-likeness (QED) is 0.927. The average molecular weight is 284 g/mol. The highest BCUT2D eigenvalue weighted by molar-refractivity contribution is 5.93. The first-order chi connectivity index (χ1) is 9.43. The van der Waals surface area contributed by atoms with Gasteiger partial charge in [0.05, 0.1) is 0 Å². The molecule has 2 rings (SSSR count). The molecule has 1 aromatic heterocycles. The summed E-state index contributed by atoms with van der Waals surface area (Å²) in [5, 5.41) is 9.22. The van der Waals surface area contributed by atoms with E-state index in [9.17, 15) is 18.7 Å². The third kappa shape index (κ3) is 3.23. The number of rotatable bonds is 3. The van der Waals surface area contributed by atoms with Crippen LogP contribution in [0.25, 0.3) is 0 Å². The molecule has 0 bridgehead atoms. The first-order valence-corrected chi connectivity index (χ1v) is 6.79. The topological polar surface area (TPSA) is 53.4 Å². The van der Waals surface area contributed by atoms with E-state index in [1.165, 1.54) is 6.07 Å². The highest BCUT2D eigenvalue weighted by atomic mass is 19.3. The van der Waals surface area contributed by atoms with E-state index in [1.54, 1.807) is 11.0 Å². The van der Waals surface area contributed by atoms with E-state index in [2.05, 4.69) is 4.98 Å². The highest BCUT2D eigenvalue weighted by Crippen LogP contribution is 2.30. The minimum absolute atomic E-state index is 0.0763. The number of carboxylic acid groups (broad SMARTS) is 1. The smallest absolute Gasteiger partial charge is 0.339 e. The van der Waals surface area contributed by atoms with Gasteiger partial charge < -0.3 is 10.0 Å². The summed E-state index contributed by atoms with van der Waals surface area (Å²) >= 11 is 0. The molecule has 1 aliphatic rings. The molecule has 0 unspecified atom stereocenters. The third-order valence-corrected chi connectivity index (χ3v) is 3.54. The van der Waals surface area contributed by atoms with E-state index < -0.39 is 11.9 Å². The molecule has 20 heavy (non-hydrogen) atoms. The zero-order chi connectivity index (χ0) is 14.8. The van der Waals surface area contributed by atoms with Crippen molar-refractivity contribution >= 4 is 11.8 Å². The maximum Gasteiger partial charge on any atom is 0.339 e. The van der Waals surface area contributed by atoms with Crippen LogP contribution in [-0.4, -0.2) is 35.1 Å². The van der Waals surface area contributed by atoms with Gasteiger partial charge in [-0.15, -0.1) is 0 Å². The maximum absolute atomic E-state index is 13.4. The lowest BCUT2D eigenvalue weighted by Crippen LogP contribution is -2.28. The van der Waals surface area contributed by atoms with Crippen LogP contribution in [0.15, 0.2) is 12.1 Å². The van der Waals surface area contributed by atoms with Gasteiger partial charge in [-0.3, -0.25) is 0 Å². The molecular formula is C14H18F2N2O2. The Morgan fingerprint density at radius 3 is 2.80 bits per heavy atom. The number of aromatic carboxylic acids is 1. The number of hydrogen-bond donors (Lipinski definition) is 1. The van der Waals surface area contributed by atoms with Crippen molar-refractivity contribution in [3.05, 3.63) is 23.4 Å². The molecule has 110 valence electrons. The first kappa shape index (κ1) is 14.7. The normalized spacial score (nSPS) is 18.6. The van der Waals surface area contributed by atoms with E-state index in [0.29, 0.717) is 25.2 Å². The Labute approximate surface area is 116 Å². The van der Waals surface area contributed by atoms with Crippen LogP contribution < -0.4 is 4.90 Å². The summed E-state index contributed by atoms with van der Waals surface area (Å²) in [5.74, 6) is -3.43. The molecule has 4 nitrogen and oxygen atoms in total. The highest BCUT2D eigenvalue weighted by Gasteiger charge is 2.33. The van der Waals surface area contributed by atoms with Crippen molar-refractivity contribution in [1.29, 1.82) is 0 Å². The summed E-state index contributed by atoms with van der Waals surface area (Å²) in [4.78, 5) is 17.3. The molecule has 0 aliphatic carbocycles. The molecule has 6 heteroatoms. The van der Waals surface area contributed by atoms with Gasteiger partial charge in [0, 0.05) is 31.6 Å². The van der Waals surface area contributed by atoms with Crippen LogP contribution in [0.2, 0.25) is 0 Å². The van der Waals surface area contributed by atoms with Crippen molar-refractivity contribution in [2.75, 3.05) is 18.0 Å². The lowest BCUT2D eigenvalue weighted by Gasteiger charge is -2.23. The number of aryl methyl sites for hydroxylation is 1. The van der Waals surface area contributed by atoms with Gasteiger partial charge in [-0.25, -0.2) is 18.6 Å². The van der Waals surface area contributed by atoms with E-state index in [0.717, 1.165) is 5.69 Å². The van der Waals surface area contributed by atoms with Crippen LogP contribution in [-0.2, 0) is 6.42 Å². The summed E-state index contributed by atoms with van der Waals surface area (Å²) in [6.07, 6.45) is 0.602. The van der Waals surface area contributed by atoms with E-state index >= 15 is 0 Å². The monoisotopic (exact) mass is 284 g/mol. The largest absolute Gasteiger partial charge is 0.478 e. The fraction of sp³-hybridized carbons (Fsp3) is 0.571. The molecule has 1 N–H and O–H groups in total. The van der Waals surface area contributed by atoms with Crippen molar-refractivity contribution < 1.29 is 18.7 Å². The van der Waals surface area contributed by atoms with Crippen molar-refractivity contribution in [3.63, 3.8) is 0 Å². The van der Waals surface area contributed by atoms with Gasteiger partial charge in [0.15, 0.2) is 0 Å². The standard InChI is InChI=1S/C14H18F2N2O2/c1-2-10-4-5-11(13(19)20)12(17-10)18-8-3-6-14(15,16)7-9-18/h4-5H,2-3,6-9H2,1H3,(H,19,20). The SMILES string of the molecule is CCc1ccc(C(=O)O)c(N2CCCC(F)(F)CC2)n1. The number of halogens is 2. The number of alkyl halides is 2. The van der Waals surface area contributed by atoms with Crippen molar-refractivity contribution in [2.24, 2.45) is 0 Å². The van der Waals surface area contributed by atoms with Crippen LogP contribution >= 0.6 is 0 Å². The van der Waals surface area contributed by atoms with Crippen molar-refractivity contribution in [1.82, 2.24) is 4.98 Å². The number of hydrogen-bond acceptors (Lipinski definition) is 3. The number of carboxylic acids is 1. The van der Waals surface area contributed by atoms with Gasteiger partial charge in [-0.05, 0) is 25.0 Å². The number of carbonyl (C=O) groups is 1. The molecule has 0 spiro atoms. The second kappa shape index (κ2) is 5.73. The van der Waals surface area contributed by atoms with Crippen molar-refractivity contribution in [2.45, 2.75) is 38.5 Å². The molecule has 1 saturated heterocycles. The van der Waals surface area contributed by atoms with Gasteiger partial charge in [0.2, 0.25) is 5.92 Å². The average Bonchev–Trinajstić information content (AvgIpc) is 2.58. The lowest BCUT2D eigenvalue weighted by atomic mass is 10.1. The van der Waals surface area contributed by atoms with E-state index in [1.807, 2.05) is 6.92 Å². The summed E-state index contributed by atoms with van der Waals surface area (Å²) < 4.78 is 26.8. The Balaban J connectivity index is 2.32. The van der Waals surface area contributed by atoms with Crippen LogP contribution in [0.4, 0.5) is 14.6 Å². The predicted octanol–water partition coefficient (Wildman–Crippen LogP) is 2.97. The predicted molar refractivity (Wildman–Crippen MR) is 71.6 cm³/mol. The molecular weight excluding hydrogens is 266 g/mol. The number of anilines is 1. The molecule has 0 amide bonds. The number of pyridine rings is 1. The van der Waals surface area contributed by atoms with Gasteiger partial charge in [0.1, 0.15) is 11.4 Å². The van der Waals surface area contributed by atoms with Crippen molar-refractivity contribution in [3.8, 4) is 0 Å². The molecule has 0 radical (unpaired) electrons. The van der Waals surface area contributed by atoms with Gasteiger partial charge in [-0.2, -0.15) is 0 Å². The molecule has 0 aromatic carbocycles. The summed E-state index contributed by atoms with van der Waals surface area (Å²) in [6.45, 7) is 2.46. The second-order valence-corrected chi connectivity index (χ2v) is 5.03. The third-order valence-electron chi connectivity index (χ3n) is 3.54. The summed E-state index contributed by atoms with van der Waals surface area (Å²) in [5.41, 5.74) is 0.841. The minimum atomic E-state index is -2.67. The van der Waals surface area contributed by atoms with Crippen LogP contribution in [0.1, 0.15) is 42.2 Å². The minimum Gasteiger partial charge on any atom is -0.478 e. The molecule has 2 heterocycles. The van der Waals surface area contributed by atoms with Gasteiger partial charge >= 0.3 is 5.97 Å². The fourth-order valence-electron chi connectivity index (χ4n) is 2.37.